The van der Waals surface area contributed by atoms with Crippen LogP contribution in [0.4, 0.5) is 5.69 Å². The van der Waals surface area contributed by atoms with E-state index in [0.29, 0.717) is 12.5 Å². The molecule has 0 saturated carbocycles. The molecule has 0 radical (unpaired) electrons. The third-order valence-corrected chi connectivity index (χ3v) is 3.25. The number of rotatable bonds is 7. The van der Waals surface area contributed by atoms with E-state index in [-0.39, 0.29) is 5.91 Å². The van der Waals surface area contributed by atoms with Crippen molar-refractivity contribution in [3.8, 4) is 11.5 Å². The number of ether oxygens (including phenoxy) is 2. The molecule has 2 rings (SSSR count). The number of methoxy groups -OCH3 is 1. The van der Waals surface area contributed by atoms with Crippen LogP contribution >= 0.6 is 0 Å². The number of amides is 1. The molecule has 0 bridgehead atoms. The Balaban J connectivity index is 1.88. The van der Waals surface area contributed by atoms with Gasteiger partial charge in [-0.15, -0.1) is 0 Å². The number of hydrogen-bond acceptors (Lipinski definition) is 3. The number of anilines is 1. The first-order valence-electron chi connectivity index (χ1n) is 7.93. The fourth-order valence-electron chi connectivity index (χ4n) is 1.97. The van der Waals surface area contributed by atoms with Crippen molar-refractivity contribution in [2.24, 2.45) is 5.92 Å². The van der Waals surface area contributed by atoms with Gasteiger partial charge in [-0.25, -0.2) is 0 Å². The molecule has 0 unspecified atom stereocenters. The monoisotopic (exact) mass is 325 g/mol. The second-order valence-electron chi connectivity index (χ2n) is 5.82. The van der Waals surface area contributed by atoms with Crippen LogP contribution in [0, 0.1) is 5.92 Å². The molecule has 0 aliphatic rings. The second-order valence-corrected chi connectivity index (χ2v) is 5.82. The SMILES string of the molecule is COc1ccc(/C=C/C(=O)Nc2ccc(OCC(C)C)cc2)cc1. The van der Waals surface area contributed by atoms with Gasteiger partial charge in [-0.2, -0.15) is 0 Å². The van der Waals surface area contributed by atoms with Gasteiger partial charge < -0.3 is 14.8 Å². The Labute approximate surface area is 143 Å². The van der Waals surface area contributed by atoms with Crippen LogP contribution in [0.2, 0.25) is 0 Å². The van der Waals surface area contributed by atoms with E-state index in [1.54, 1.807) is 13.2 Å². The van der Waals surface area contributed by atoms with Gasteiger partial charge in [-0.05, 0) is 54.0 Å². The Morgan fingerprint density at radius 3 is 2.25 bits per heavy atom. The molecular formula is C20H23NO3. The highest BCUT2D eigenvalue weighted by molar-refractivity contribution is 6.01. The summed E-state index contributed by atoms with van der Waals surface area (Å²) in [5.41, 5.74) is 1.67. The number of carbonyl (C=O) groups excluding carboxylic acids is 1. The van der Waals surface area contributed by atoms with Crippen molar-refractivity contribution in [1.82, 2.24) is 0 Å². The van der Waals surface area contributed by atoms with Crippen molar-refractivity contribution in [3.05, 3.63) is 60.2 Å². The molecule has 0 aliphatic carbocycles. The Kier molecular flexibility index (Phi) is 6.43. The molecule has 4 heteroatoms. The Morgan fingerprint density at radius 2 is 1.67 bits per heavy atom. The van der Waals surface area contributed by atoms with Gasteiger partial charge >= 0.3 is 0 Å². The van der Waals surface area contributed by atoms with E-state index >= 15 is 0 Å². The minimum atomic E-state index is -0.179. The maximum absolute atomic E-state index is 12.0. The van der Waals surface area contributed by atoms with E-state index in [9.17, 15) is 4.79 Å². The predicted octanol–water partition coefficient (Wildman–Crippen LogP) is 4.38. The summed E-state index contributed by atoms with van der Waals surface area (Å²) in [6, 6.07) is 14.9. The molecule has 2 aromatic carbocycles. The molecular weight excluding hydrogens is 302 g/mol. The van der Waals surface area contributed by atoms with Crippen LogP contribution in [0.15, 0.2) is 54.6 Å². The zero-order chi connectivity index (χ0) is 17.4. The summed E-state index contributed by atoms with van der Waals surface area (Å²) in [6.07, 6.45) is 3.26. The van der Waals surface area contributed by atoms with Gasteiger partial charge in [0.05, 0.1) is 13.7 Å². The summed E-state index contributed by atoms with van der Waals surface area (Å²) in [4.78, 5) is 12.0. The van der Waals surface area contributed by atoms with Gasteiger partial charge in [0.15, 0.2) is 0 Å². The number of carbonyl (C=O) groups is 1. The van der Waals surface area contributed by atoms with Gasteiger partial charge in [0.2, 0.25) is 5.91 Å². The lowest BCUT2D eigenvalue weighted by Crippen LogP contribution is -2.08. The average Bonchev–Trinajstić information content (AvgIpc) is 2.60. The topological polar surface area (TPSA) is 47.6 Å². The summed E-state index contributed by atoms with van der Waals surface area (Å²) in [5.74, 6) is 1.89. The van der Waals surface area contributed by atoms with Gasteiger partial charge in [0, 0.05) is 11.8 Å². The van der Waals surface area contributed by atoms with Gasteiger partial charge in [-0.3, -0.25) is 4.79 Å². The first-order chi connectivity index (χ1) is 11.6. The highest BCUT2D eigenvalue weighted by Gasteiger charge is 2.00. The summed E-state index contributed by atoms with van der Waals surface area (Å²) in [6.45, 7) is 4.88. The maximum Gasteiger partial charge on any atom is 0.248 e. The molecule has 126 valence electrons. The van der Waals surface area contributed by atoms with Crippen molar-refractivity contribution in [2.45, 2.75) is 13.8 Å². The molecule has 0 fully saturated rings. The van der Waals surface area contributed by atoms with E-state index in [4.69, 9.17) is 9.47 Å². The molecule has 24 heavy (non-hydrogen) atoms. The van der Waals surface area contributed by atoms with Crippen molar-refractivity contribution in [2.75, 3.05) is 19.0 Å². The summed E-state index contributed by atoms with van der Waals surface area (Å²) >= 11 is 0. The van der Waals surface area contributed by atoms with Crippen molar-refractivity contribution >= 4 is 17.7 Å². The molecule has 0 atom stereocenters. The number of hydrogen-bond donors (Lipinski definition) is 1. The fraction of sp³-hybridized carbons (Fsp3) is 0.250. The molecule has 4 nitrogen and oxygen atoms in total. The molecule has 0 spiro atoms. The zero-order valence-electron chi connectivity index (χ0n) is 14.3. The molecule has 0 heterocycles. The molecule has 0 aliphatic heterocycles. The summed E-state index contributed by atoms with van der Waals surface area (Å²) < 4.78 is 10.7. The number of benzene rings is 2. The van der Waals surface area contributed by atoms with E-state index in [2.05, 4.69) is 19.2 Å². The van der Waals surface area contributed by atoms with Crippen LogP contribution in [0.5, 0.6) is 11.5 Å². The van der Waals surface area contributed by atoms with E-state index in [0.717, 1.165) is 22.7 Å². The zero-order valence-corrected chi connectivity index (χ0v) is 14.3. The minimum absolute atomic E-state index is 0.179. The van der Waals surface area contributed by atoms with Crippen LogP contribution in [0.25, 0.3) is 6.08 Å². The van der Waals surface area contributed by atoms with Crippen molar-refractivity contribution < 1.29 is 14.3 Å². The summed E-state index contributed by atoms with van der Waals surface area (Å²) in [5, 5.41) is 2.82. The van der Waals surface area contributed by atoms with Crippen LogP contribution in [0.1, 0.15) is 19.4 Å². The Morgan fingerprint density at radius 1 is 1.04 bits per heavy atom. The fourth-order valence-corrected chi connectivity index (χ4v) is 1.97. The summed E-state index contributed by atoms with van der Waals surface area (Å²) in [7, 11) is 1.62. The van der Waals surface area contributed by atoms with E-state index in [1.165, 1.54) is 6.08 Å². The van der Waals surface area contributed by atoms with Gasteiger partial charge in [0.1, 0.15) is 11.5 Å². The largest absolute Gasteiger partial charge is 0.497 e. The molecule has 1 N–H and O–H groups in total. The quantitative estimate of drug-likeness (QED) is 0.768. The third kappa shape index (κ3) is 5.80. The van der Waals surface area contributed by atoms with Crippen molar-refractivity contribution in [1.29, 1.82) is 0 Å². The molecule has 2 aromatic rings. The van der Waals surface area contributed by atoms with Crippen LogP contribution in [-0.4, -0.2) is 19.6 Å². The second kappa shape index (κ2) is 8.77. The van der Waals surface area contributed by atoms with Gasteiger partial charge in [0.25, 0.3) is 0 Å². The smallest absolute Gasteiger partial charge is 0.248 e. The predicted molar refractivity (Wildman–Crippen MR) is 97.4 cm³/mol. The maximum atomic E-state index is 12.0. The minimum Gasteiger partial charge on any atom is -0.497 e. The lowest BCUT2D eigenvalue weighted by molar-refractivity contribution is -0.111. The van der Waals surface area contributed by atoms with E-state index in [1.807, 2.05) is 48.5 Å². The molecule has 1 amide bonds. The van der Waals surface area contributed by atoms with Crippen molar-refractivity contribution in [3.63, 3.8) is 0 Å². The van der Waals surface area contributed by atoms with Gasteiger partial charge in [-0.1, -0.05) is 26.0 Å². The lowest BCUT2D eigenvalue weighted by Gasteiger charge is -2.09. The van der Waals surface area contributed by atoms with Crippen LogP contribution in [0.3, 0.4) is 0 Å². The van der Waals surface area contributed by atoms with Crippen LogP contribution < -0.4 is 14.8 Å². The molecule has 0 saturated heterocycles. The highest BCUT2D eigenvalue weighted by Crippen LogP contribution is 2.17. The lowest BCUT2D eigenvalue weighted by atomic mass is 10.2. The van der Waals surface area contributed by atoms with Crippen LogP contribution in [-0.2, 0) is 4.79 Å². The van der Waals surface area contributed by atoms with E-state index < -0.39 is 0 Å². The Bertz CT molecular complexity index is 673. The number of nitrogens with one attached hydrogen (secondary N) is 1. The average molecular weight is 325 g/mol. The standard InChI is InChI=1S/C20H23NO3/c1-15(2)14-24-19-11-7-17(8-12-19)21-20(22)13-6-16-4-9-18(23-3)10-5-16/h4-13,15H,14H2,1-3H3,(H,21,22)/b13-6+. The molecule has 0 aromatic heterocycles. The first kappa shape index (κ1) is 17.6. The highest BCUT2D eigenvalue weighted by atomic mass is 16.5. The normalized spacial score (nSPS) is 10.8. The third-order valence-electron chi connectivity index (χ3n) is 3.25. The first-order valence-corrected chi connectivity index (χ1v) is 7.93. The Hall–Kier alpha value is -2.75.